The molecule has 2 amide bonds. The smallest absolute Gasteiger partial charge is 0.404 e. The zero-order chi connectivity index (χ0) is 17.4. The van der Waals surface area contributed by atoms with Crippen LogP contribution >= 0.6 is 11.3 Å². The molecular formula is C17H21N3O3S. The molecule has 3 N–H and O–H groups in total. The second-order valence-electron chi connectivity index (χ2n) is 5.48. The van der Waals surface area contributed by atoms with Crippen LogP contribution in [0.1, 0.15) is 30.2 Å². The molecule has 0 aliphatic carbocycles. The number of rotatable bonds is 8. The summed E-state index contributed by atoms with van der Waals surface area (Å²) in [7, 11) is 0. The Kier molecular flexibility index (Phi) is 6.74. The van der Waals surface area contributed by atoms with Crippen LogP contribution in [0, 0.1) is 0 Å². The zero-order valence-corrected chi connectivity index (χ0v) is 14.4. The van der Waals surface area contributed by atoms with Crippen molar-refractivity contribution in [3.05, 3.63) is 46.5 Å². The van der Waals surface area contributed by atoms with Gasteiger partial charge in [0, 0.05) is 18.8 Å². The van der Waals surface area contributed by atoms with Gasteiger partial charge in [-0.3, -0.25) is 4.79 Å². The number of nitrogens with zero attached hydrogens (tertiary/aromatic N) is 1. The summed E-state index contributed by atoms with van der Waals surface area (Å²) < 4.78 is 0. The summed E-state index contributed by atoms with van der Waals surface area (Å²) in [6.45, 7) is 1.90. The Bertz CT molecular complexity index is 683. The maximum Gasteiger partial charge on any atom is 0.404 e. The fourth-order valence-corrected chi connectivity index (χ4v) is 3.08. The number of amides is 2. The molecule has 1 aromatic carbocycles. The molecule has 0 radical (unpaired) electrons. The third-order valence-corrected chi connectivity index (χ3v) is 4.25. The van der Waals surface area contributed by atoms with Gasteiger partial charge in [0.05, 0.1) is 5.69 Å². The Labute approximate surface area is 144 Å². The lowest BCUT2D eigenvalue weighted by Crippen LogP contribution is -2.23. The summed E-state index contributed by atoms with van der Waals surface area (Å²) in [5.41, 5.74) is 3.37. The van der Waals surface area contributed by atoms with Crippen molar-refractivity contribution in [1.82, 2.24) is 10.3 Å². The van der Waals surface area contributed by atoms with Crippen molar-refractivity contribution in [3.63, 3.8) is 0 Å². The van der Waals surface area contributed by atoms with Crippen molar-refractivity contribution in [3.8, 4) is 0 Å². The Morgan fingerprint density at radius 1 is 1.12 bits per heavy atom. The highest BCUT2D eigenvalue weighted by atomic mass is 32.1. The Morgan fingerprint density at radius 2 is 1.79 bits per heavy atom. The van der Waals surface area contributed by atoms with Gasteiger partial charge in [0.25, 0.3) is 0 Å². The molecule has 0 spiro atoms. The molecule has 0 saturated carbocycles. The van der Waals surface area contributed by atoms with Gasteiger partial charge >= 0.3 is 6.09 Å². The molecule has 1 heterocycles. The van der Waals surface area contributed by atoms with Crippen LogP contribution in [0.25, 0.3) is 0 Å². The second kappa shape index (κ2) is 9.02. The topological polar surface area (TPSA) is 91.3 Å². The standard InChI is InChI=1S/C17H21N3O3S/c1-12(21)19-16-20-15(11-24-16)4-2-3-13-5-7-14(8-6-13)9-10-18-17(22)23/h5-8,11,18H,2-4,9-10H2,1H3,(H,22,23)(H,19,20,21). The number of nitrogens with one attached hydrogen (secondary N) is 2. The number of hydrogen-bond acceptors (Lipinski definition) is 4. The normalized spacial score (nSPS) is 10.4. The molecule has 7 heteroatoms. The van der Waals surface area contributed by atoms with Gasteiger partial charge in [0.15, 0.2) is 5.13 Å². The van der Waals surface area contributed by atoms with Crippen molar-refractivity contribution in [2.45, 2.75) is 32.6 Å². The molecule has 0 unspecified atom stereocenters. The highest BCUT2D eigenvalue weighted by Gasteiger charge is 2.04. The quantitative estimate of drug-likeness (QED) is 0.684. The summed E-state index contributed by atoms with van der Waals surface area (Å²) in [4.78, 5) is 25.7. The molecule has 0 aliphatic rings. The van der Waals surface area contributed by atoms with Gasteiger partial charge < -0.3 is 15.7 Å². The van der Waals surface area contributed by atoms with E-state index in [0.717, 1.165) is 30.5 Å². The average Bonchev–Trinajstić information content (AvgIpc) is 2.95. The van der Waals surface area contributed by atoms with Crippen LogP contribution in [0.4, 0.5) is 9.93 Å². The van der Waals surface area contributed by atoms with Gasteiger partial charge in [0.1, 0.15) is 0 Å². The van der Waals surface area contributed by atoms with Crippen molar-refractivity contribution in [2.75, 3.05) is 11.9 Å². The summed E-state index contributed by atoms with van der Waals surface area (Å²) in [6.07, 6.45) is 2.52. The molecule has 24 heavy (non-hydrogen) atoms. The number of hydrogen-bond donors (Lipinski definition) is 3. The molecule has 2 rings (SSSR count). The molecule has 128 valence electrons. The largest absolute Gasteiger partial charge is 0.465 e. The van der Waals surface area contributed by atoms with Gasteiger partial charge in [0.2, 0.25) is 5.91 Å². The van der Waals surface area contributed by atoms with E-state index in [4.69, 9.17) is 5.11 Å². The van der Waals surface area contributed by atoms with Gasteiger partial charge in [-0.15, -0.1) is 11.3 Å². The molecule has 0 saturated heterocycles. The van der Waals surface area contributed by atoms with Crippen LogP contribution in [0.2, 0.25) is 0 Å². The number of aryl methyl sites for hydroxylation is 2. The van der Waals surface area contributed by atoms with Crippen molar-refractivity contribution < 1.29 is 14.7 Å². The van der Waals surface area contributed by atoms with E-state index < -0.39 is 6.09 Å². The maximum absolute atomic E-state index is 11.0. The molecule has 2 aromatic rings. The summed E-state index contributed by atoms with van der Waals surface area (Å²) in [5.74, 6) is -0.102. The minimum absolute atomic E-state index is 0.102. The molecule has 6 nitrogen and oxygen atoms in total. The Hall–Kier alpha value is -2.41. The van der Waals surface area contributed by atoms with Gasteiger partial charge in [-0.2, -0.15) is 0 Å². The third kappa shape index (κ3) is 6.37. The Balaban J connectivity index is 1.73. The lowest BCUT2D eigenvalue weighted by molar-refractivity contribution is -0.114. The number of anilines is 1. The van der Waals surface area contributed by atoms with Crippen molar-refractivity contribution >= 4 is 28.5 Å². The zero-order valence-electron chi connectivity index (χ0n) is 13.5. The predicted molar refractivity (Wildman–Crippen MR) is 94.6 cm³/mol. The first-order valence-corrected chi connectivity index (χ1v) is 8.67. The molecule has 0 fully saturated rings. The number of thiazole rings is 1. The average molecular weight is 347 g/mol. The lowest BCUT2D eigenvalue weighted by atomic mass is 10.0. The fraction of sp³-hybridized carbons (Fsp3) is 0.353. The first-order valence-electron chi connectivity index (χ1n) is 7.79. The lowest BCUT2D eigenvalue weighted by Gasteiger charge is -2.04. The SMILES string of the molecule is CC(=O)Nc1nc(CCCc2ccc(CCNC(=O)O)cc2)cs1. The highest BCUT2D eigenvalue weighted by Crippen LogP contribution is 2.17. The number of benzene rings is 1. The Morgan fingerprint density at radius 3 is 2.42 bits per heavy atom. The summed E-state index contributed by atoms with van der Waals surface area (Å²) >= 11 is 1.44. The number of carbonyl (C=O) groups excluding carboxylic acids is 1. The van der Waals surface area contributed by atoms with Gasteiger partial charge in [-0.25, -0.2) is 9.78 Å². The van der Waals surface area contributed by atoms with E-state index in [0.29, 0.717) is 18.1 Å². The maximum atomic E-state index is 11.0. The first-order chi connectivity index (χ1) is 11.5. The molecule has 0 aliphatic heterocycles. The minimum Gasteiger partial charge on any atom is -0.465 e. The summed E-state index contributed by atoms with van der Waals surface area (Å²) in [5, 5.41) is 16.2. The van der Waals surface area contributed by atoms with Crippen LogP contribution < -0.4 is 10.6 Å². The third-order valence-electron chi connectivity index (χ3n) is 3.45. The predicted octanol–water partition coefficient (Wildman–Crippen LogP) is 3.09. The fourth-order valence-electron chi connectivity index (χ4n) is 2.29. The molecule has 0 bridgehead atoms. The summed E-state index contributed by atoms with van der Waals surface area (Å²) in [6, 6.07) is 8.24. The molecule has 0 atom stereocenters. The van der Waals surface area contributed by atoms with Gasteiger partial charge in [-0.05, 0) is 36.8 Å². The van der Waals surface area contributed by atoms with Crippen molar-refractivity contribution in [1.29, 1.82) is 0 Å². The first kappa shape index (κ1) is 17.9. The van der Waals surface area contributed by atoms with E-state index in [1.807, 2.05) is 17.5 Å². The van der Waals surface area contributed by atoms with Gasteiger partial charge in [-0.1, -0.05) is 24.3 Å². The number of carbonyl (C=O) groups is 2. The van der Waals surface area contributed by atoms with E-state index >= 15 is 0 Å². The van der Waals surface area contributed by atoms with E-state index in [9.17, 15) is 9.59 Å². The second-order valence-corrected chi connectivity index (χ2v) is 6.34. The molecule has 1 aromatic heterocycles. The molecular weight excluding hydrogens is 326 g/mol. The van der Waals surface area contributed by atoms with Crippen molar-refractivity contribution in [2.24, 2.45) is 0 Å². The minimum atomic E-state index is -0.990. The number of carboxylic acid groups (broad SMARTS) is 1. The van der Waals surface area contributed by atoms with Crippen LogP contribution in [-0.2, 0) is 24.1 Å². The van der Waals surface area contributed by atoms with Crippen LogP contribution in [0.15, 0.2) is 29.6 Å². The van der Waals surface area contributed by atoms with E-state index in [1.54, 1.807) is 0 Å². The van der Waals surface area contributed by atoms with E-state index in [1.165, 1.54) is 23.8 Å². The van der Waals surface area contributed by atoms with Crippen LogP contribution in [0.5, 0.6) is 0 Å². The highest BCUT2D eigenvalue weighted by molar-refractivity contribution is 7.13. The number of aromatic nitrogens is 1. The van der Waals surface area contributed by atoms with E-state index in [2.05, 4.69) is 27.8 Å². The van der Waals surface area contributed by atoms with E-state index in [-0.39, 0.29) is 5.91 Å². The van der Waals surface area contributed by atoms with Crippen LogP contribution in [0.3, 0.4) is 0 Å². The monoisotopic (exact) mass is 347 g/mol. The van der Waals surface area contributed by atoms with Crippen LogP contribution in [-0.4, -0.2) is 28.6 Å².